The first-order valence-electron chi connectivity index (χ1n) is 12.0. The van der Waals surface area contributed by atoms with Crippen molar-refractivity contribution in [3.05, 3.63) is 48.2 Å². The van der Waals surface area contributed by atoms with Gasteiger partial charge in [0.25, 0.3) is 5.91 Å². The van der Waals surface area contributed by atoms with E-state index in [1.54, 1.807) is 26.2 Å². The lowest BCUT2D eigenvalue weighted by Gasteiger charge is -2.15. The molecule has 4 rings (SSSR count). The molecule has 10 nitrogen and oxygen atoms in total. The van der Waals surface area contributed by atoms with Gasteiger partial charge in [-0.25, -0.2) is 4.98 Å². The zero-order valence-corrected chi connectivity index (χ0v) is 20.4. The number of fused-ring (bicyclic) bond motifs is 1. The van der Waals surface area contributed by atoms with Gasteiger partial charge in [-0.05, 0) is 56.2 Å². The van der Waals surface area contributed by atoms with Crippen molar-refractivity contribution in [3.63, 3.8) is 0 Å². The highest BCUT2D eigenvalue weighted by atomic mass is 16.5. The van der Waals surface area contributed by atoms with Gasteiger partial charge in [0.15, 0.2) is 5.65 Å². The third-order valence-corrected chi connectivity index (χ3v) is 6.06. The third-order valence-electron chi connectivity index (χ3n) is 6.06. The van der Waals surface area contributed by atoms with E-state index in [1.165, 1.54) is 0 Å². The summed E-state index contributed by atoms with van der Waals surface area (Å²) in [5, 5.41) is 17.5. The summed E-state index contributed by atoms with van der Waals surface area (Å²) in [6.07, 6.45) is 4.20. The van der Waals surface area contributed by atoms with Gasteiger partial charge in [-0.15, -0.1) is 0 Å². The molecule has 0 bridgehead atoms. The Hall–Kier alpha value is -4.10. The SMILES string of the molecule is COc1ccc(-c2nc3c(C(=O)NC(C)C(=O)NCCC#N)cccn3c2NCC2CCCO2)cc1. The zero-order chi connectivity index (χ0) is 25.5. The van der Waals surface area contributed by atoms with Crippen molar-refractivity contribution in [1.29, 1.82) is 5.26 Å². The van der Waals surface area contributed by atoms with Crippen molar-refractivity contribution in [2.45, 2.75) is 38.3 Å². The normalized spacial score (nSPS) is 15.8. The second-order valence-electron chi connectivity index (χ2n) is 8.56. The predicted molar refractivity (Wildman–Crippen MR) is 135 cm³/mol. The number of pyridine rings is 1. The van der Waals surface area contributed by atoms with Crippen molar-refractivity contribution < 1.29 is 19.1 Å². The van der Waals surface area contributed by atoms with E-state index in [0.29, 0.717) is 23.4 Å². The van der Waals surface area contributed by atoms with Gasteiger partial charge in [0.05, 0.1) is 31.3 Å². The van der Waals surface area contributed by atoms with Gasteiger partial charge in [0.1, 0.15) is 23.3 Å². The first kappa shape index (κ1) is 25.0. The summed E-state index contributed by atoms with van der Waals surface area (Å²) < 4.78 is 12.9. The molecule has 3 aromatic rings. The first-order chi connectivity index (χ1) is 17.5. The molecule has 2 aromatic heterocycles. The minimum atomic E-state index is -0.774. The molecule has 3 N–H and O–H groups in total. The number of anilines is 1. The molecule has 2 atom stereocenters. The van der Waals surface area contributed by atoms with Crippen LogP contribution in [0.2, 0.25) is 0 Å². The van der Waals surface area contributed by atoms with Gasteiger partial charge in [0, 0.05) is 31.5 Å². The number of hydrogen-bond acceptors (Lipinski definition) is 7. The van der Waals surface area contributed by atoms with E-state index < -0.39 is 11.9 Å². The number of hydrogen-bond donors (Lipinski definition) is 3. The van der Waals surface area contributed by atoms with Crippen LogP contribution in [-0.4, -0.2) is 60.2 Å². The standard InChI is InChI=1S/C26H30N6O4/c1-17(25(33)28-13-5-12-27)30-26(34)21-7-3-14-32-23(21)31-22(18-8-10-19(35-2)11-9-18)24(32)29-16-20-6-4-15-36-20/h3,7-11,14,17,20,29H,4-6,13,15-16H2,1-2H3,(H,28,33)(H,30,34). The second kappa shape index (κ2) is 11.6. The number of aromatic nitrogens is 2. The Bertz CT molecular complexity index is 1260. The van der Waals surface area contributed by atoms with Crippen LogP contribution in [0.3, 0.4) is 0 Å². The van der Waals surface area contributed by atoms with Crippen LogP contribution in [0.1, 0.15) is 36.5 Å². The maximum absolute atomic E-state index is 13.2. The smallest absolute Gasteiger partial charge is 0.255 e. The van der Waals surface area contributed by atoms with Crippen molar-refractivity contribution in [1.82, 2.24) is 20.0 Å². The zero-order valence-electron chi connectivity index (χ0n) is 20.4. The number of nitrogens with one attached hydrogen (secondary N) is 3. The summed E-state index contributed by atoms with van der Waals surface area (Å²) >= 11 is 0. The van der Waals surface area contributed by atoms with E-state index in [-0.39, 0.29) is 25.0 Å². The molecular formula is C26H30N6O4. The fourth-order valence-corrected chi connectivity index (χ4v) is 4.11. The Morgan fingerprint density at radius 1 is 1.31 bits per heavy atom. The minimum Gasteiger partial charge on any atom is -0.497 e. The van der Waals surface area contributed by atoms with Crippen molar-refractivity contribution in [2.24, 2.45) is 0 Å². The third kappa shape index (κ3) is 5.58. The summed E-state index contributed by atoms with van der Waals surface area (Å²) in [4.78, 5) is 30.3. The fraction of sp³-hybridized carbons (Fsp3) is 0.385. The molecule has 0 spiro atoms. The number of carbonyl (C=O) groups excluding carboxylic acids is 2. The van der Waals surface area contributed by atoms with E-state index in [1.807, 2.05) is 40.9 Å². The molecular weight excluding hydrogens is 460 g/mol. The molecule has 2 amide bonds. The molecule has 0 aliphatic carbocycles. The number of amides is 2. The van der Waals surface area contributed by atoms with Gasteiger partial charge in [0.2, 0.25) is 5.91 Å². The Balaban J connectivity index is 1.65. The molecule has 10 heteroatoms. The summed E-state index contributed by atoms with van der Waals surface area (Å²) in [6.45, 7) is 3.21. The second-order valence-corrected chi connectivity index (χ2v) is 8.56. The molecule has 1 aliphatic rings. The van der Waals surface area contributed by atoms with Crippen LogP contribution in [0, 0.1) is 11.3 Å². The number of imidazole rings is 1. The van der Waals surface area contributed by atoms with E-state index in [9.17, 15) is 9.59 Å². The molecule has 2 unspecified atom stereocenters. The highest BCUT2D eigenvalue weighted by Crippen LogP contribution is 2.31. The summed E-state index contributed by atoms with van der Waals surface area (Å²) in [5.41, 5.74) is 2.37. The molecule has 0 radical (unpaired) electrons. The van der Waals surface area contributed by atoms with E-state index in [0.717, 1.165) is 36.6 Å². The molecule has 1 saturated heterocycles. The maximum atomic E-state index is 13.2. The van der Waals surface area contributed by atoms with Crippen LogP contribution in [0.25, 0.3) is 16.9 Å². The topological polar surface area (TPSA) is 130 Å². The Morgan fingerprint density at radius 3 is 2.81 bits per heavy atom. The number of ether oxygens (including phenoxy) is 2. The maximum Gasteiger partial charge on any atom is 0.255 e. The number of carbonyl (C=O) groups is 2. The molecule has 1 aromatic carbocycles. The molecule has 0 saturated carbocycles. The molecule has 1 fully saturated rings. The quantitative estimate of drug-likeness (QED) is 0.373. The Labute approximate surface area is 209 Å². The van der Waals surface area contributed by atoms with Crippen LogP contribution in [0.4, 0.5) is 5.82 Å². The average Bonchev–Trinajstić information content (AvgIpc) is 3.55. The molecule has 188 valence electrons. The van der Waals surface area contributed by atoms with Gasteiger partial charge in [-0.3, -0.25) is 14.0 Å². The Morgan fingerprint density at radius 2 is 2.11 bits per heavy atom. The summed E-state index contributed by atoms with van der Waals surface area (Å²) in [6, 6.07) is 12.2. The van der Waals surface area contributed by atoms with Crippen LogP contribution in [0.15, 0.2) is 42.6 Å². The number of nitrogens with zero attached hydrogens (tertiary/aromatic N) is 3. The first-order valence-corrected chi connectivity index (χ1v) is 12.0. The summed E-state index contributed by atoms with van der Waals surface area (Å²) in [7, 11) is 1.62. The number of rotatable bonds is 10. The van der Waals surface area contributed by atoms with Crippen LogP contribution < -0.4 is 20.7 Å². The van der Waals surface area contributed by atoms with E-state index in [2.05, 4.69) is 16.0 Å². The predicted octanol–water partition coefficient (Wildman–Crippen LogP) is 2.75. The average molecular weight is 491 g/mol. The van der Waals surface area contributed by atoms with Crippen LogP contribution in [-0.2, 0) is 9.53 Å². The van der Waals surface area contributed by atoms with E-state index >= 15 is 0 Å². The molecule has 3 heterocycles. The van der Waals surface area contributed by atoms with Crippen molar-refractivity contribution >= 4 is 23.3 Å². The van der Waals surface area contributed by atoms with Crippen molar-refractivity contribution in [2.75, 3.05) is 32.1 Å². The fourth-order valence-electron chi connectivity index (χ4n) is 4.11. The highest BCUT2D eigenvalue weighted by molar-refractivity contribution is 6.02. The van der Waals surface area contributed by atoms with Crippen LogP contribution >= 0.6 is 0 Å². The Kier molecular flexibility index (Phi) is 8.02. The number of benzene rings is 1. The van der Waals surface area contributed by atoms with Gasteiger partial charge < -0.3 is 25.4 Å². The van der Waals surface area contributed by atoms with Crippen molar-refractivity contribution in [3.8, 4) is 23.1 Å². The molecule has 36 heavy (non-hydrogen) atoms. The van der Waals surface area contributed by atoms with Crippen LogP contribution in [0.5, 0.6) is 5.75 Å². The van der Waals surface area contributed by atoms with Gasteiger partial charge in [-0.2, -0.15) is 5.26 Å². The minimum absolute atomic E-state index is 0.117. The van der Waals surface area contributed by atoms with Gasteiger partial charge >= 0.3 is 0 Å². The molecule has 1 aliphatic heterocycles. The highest BCUT2D eigenvalue weighted by Gasteiger charge is 2.23. The van der Waals surface area contributed by atoms with E-state index in [4.69, 9.17) is 19.7 Å². The monoisotopic (exact) mass is 490 g/mol. The lowest BCUT2D eigenvalue weighted by atomic mass is 10.1. The lowest BCUT2D eigenvalue weighted by molar-refractivity contribution is -0.122. The van der Waals surface area contributed by atoms with Gasteiger partial charge in [-0.1, -0.05) is 0 Å². The number of nitriles is 1. The lowest BCUT2D eigenvalue weighted by Crippen LogP contribution is -2.45. The summed E-state index contributed by atoms with van der Waals surface area (Å²) in [5.74, 6) is 0.716. The number of methoxy groups -OCH3 is 1. The largest absolute Gasteiger partial charge is 0.497 e.